The van der Waals surface area contributed by atoms with Gasteiger partial charge in [0, 0.05) is 7.11 Å². The highest BCUT2D eigenvalue weighted by molar-refractivity contribution is 5.09. The maximum absolute atomic E-state index is 10.3. The monoisotopic (exact) mass is 334 g/mol. The maximum atomic E-state index is 10.3. The first-order valence-corrected chi connectivity index (χ1v) is 10.6. The summed E-state index contributed by atoms with van der Waals surface area (Å²) < 4.78 is 5.72. The molecule has 0 heterocycles. The fourth-order valence-electron chi connectivity index (χ4n) is 8.27. The predicted octanol–water partition coefficient (Wildman–Crippen LogP) is 5.04. The maximum Gasteiger partial charge on any atom is 0.0574 e. The molecule has 4 saturated carbocycles. The molecule has 4 rings (SSSR count). The fourth-order valence-corrected chi connectivity index (χ4v) is 8.27. The average Bonchev–Trinajstić information content (AvgIpc) is 2.91. The zero-order valence-electron chi connectivity index (χ0n) is 16.3. The van der Waals surface area contributed by atoms with Crippen molar-refractivity contribution in [2.24, 2.45) is 40.4 Å². The second-order valence-corrected chi connectivity index (χ2v) is 10.3. The molecule has 4 aliphatic carbocycles. The quantitative estimate of drug-likeness (QED) is 0.766. The number of hydrogen-bond acceptors (Lipinski definition) is 2. The Labute approximate surface area is 148 Å². The SMILES string of the molecule is CO[C@H]1CC[C@@]2(C)C(CCC3C2CC[C@@]2(C)C3CC[C@@H]2C(C)O)C1. The molecule has 138 valence electrons. The summed E-state index contributed by atoms with van der Waals surface area (Å²) in [5.74, 6) is 4.15. The van der Waals surface area contributed by atoms with Gasteiger partial charge < -0.3 is 9.84 Å². The molecule has 0 bridgehead atoms. The molecule has 2 nitrogen and oxygen atoms in total. The number of aliphatic hydroxyl groups excluding tert-OH is 1. The van der Waals surface area contributed by atoms with Gasteiger partial charge in [0.2, 0.25) is 0 Å². The molecule has 0 saturated heterocycles. The van der Waals surface area contributed by atoms with E-state index in [2.05, 4.69) is 13.8 Å². The lowest BCUT2D eigenvalue weighted by Crippen LogP contribution is -2.54. The topological polar surface area (TPSA) is 29.5 Å². The molecule has 0 aromatic carbocycles. The van der Waals surface area contributed by atoms with Crippen LogP contribution in [0.2, 0.25) is 0 Å². The lowest BCUT2D eigenvalue weighted by Gasteiger charge is -2.61. The van der Waals surface area contributed by atoms with E-state index in [4.69, 9.17) is 4.74 Å². The summed E-state index contributed by atoms with van der Waals surface area (Å²) in [6.45, 7) is 7.19. The third-order valence-electron chi connectivity index (χ3n) is 9.61. The van der Waals surface area contributed by atoms with Crippen molar-refractivity contribution in [2.45, 2.75) is 90.8 Å². The molecule has 4 aliphatic rings. The molecule has 0 spiro atoms. The Balaban J connectivity index is 1.58. The van der Waals surface area contributed by atoms with E-state index in [-0.39, 0.29) is 6.10 Å². The van der Waals surface area contributed by atoms with Crippen LogP contribution in [0.4, 0.5) is 0 Å². The summed E-state index contributed by atoms with van der Waals surface area (Å²) in [5, 5.41) is 10.3. The van der Waals surface area contributed by atoms with Gasteiger partial charge >= 0.3 is 0 Å². The molecule has 5 unspecified atom stereocenters. The molecule has 0 radical (unpaired) electrons. The Bertz CT molecular complexity index is 475. The number of ether oxygens (including phenoxy) is 1. The van der Waals surface area contributed by atoms with Gasteiger partial charge in [-0.1, -0.05) is 13.8 Å². The molecule has 0 amide bonds. The first kappa shape index (κ1) is 17.3. The van der Waals surface area contributed by atoms with Crippen LogP contribution in [-0.2, 0) is 4.74 Å². The third-order valence-corrected chi connectivity index (χ3v) is 9.61. The van der Waals surface area contributed by atoms with Crippen LogP contribution in [0.5, 0.6) is 0 Å². The molecule has 1 N–H and O–H groups in total. The Hall–Kier alpha value is -0.0800. The van der Waals surface area contributed by atoms with Gasteiger partial charge in [-0.3, -0.25) is 0 Å². The first-order chi connectivity index (χ1) is 11.4. The van der Waals surface area contributed by atoms with Gasteiger partial charge in [0.1, 0.15) is 0 Å². The molecular weight excluding hydrogens is 296 g/mol. The first-order valence-electron chi connectivity index (χ1n) is 10.6. The van der Waals surface area contributed by atoms with Gasteiger partial charge in [-0.05, 0) is 105 Å². The average molecular weight is 335 g/mol. The lowest BCUT2D eigenvalue weighted by molar-refractivity contribution is -0.135. The van der Waals surface area contributed by atoms with Gasteiger partial charge in [-0.25, -0.2) is 0 Å². The molecular formula is C22H38O2. The van der Waals surface area contributed by atoms with Crippen molar-refractivity contribution in [1.29, 1.82) is 0 Å². The second kappa shape index (κ2) is 5.98. The van der Waals surface area contributed by atoms with E-state index in [0.29, 0.717) is 22.9 Å². The summed E-state index contributed by atoms with van der Waals surface area (Å²) in [5.41, 5.74) is 0.963. The van der Waals surface area contributed by atoms with E-state index in [1.165, 1.54) is 57.8 Å². The third kappa shape index (κ3) is 2.35. The second-order valence-electron chi connectivity index (χ2n) is 10.3. The van der Waals surface area contributed by atoms with Crippen LogP contribution in [0, 0.1) is 40.4 Å². The van der Waals surface area contributed by atoms with E-state index in [9.17, 15) is 5.11 Å². The van der Waals surface area contributed by atoms with Crippen molar-refractivity contribution < 1.29 is 9.84 Å². The minimum atomic E-state index is -0.124. The number of hydrogen-bond donors (Lipinski definition) is 1. The van der Waals surface area contributed by atoms with E-state index >= 15 is 0 Å². The predicted molar refractivity (Wildman–Crippen MR) is 97.7 cm³/mol. The van der Waals surface area contributed by atoms with Crippen molar-refractivity contribution >= 4 is 0 Å². The van der Waals surface area contributed by atoms with Crippen LogP contribution >= 0.6 is 0 Å². The smallest absolute Gasteiger partial charge is 0.0574 e. The molecule has 0 aliphatic heterocycles. The number of aliphatic hydroxyl groups is 1. The van der Waals surface area contributed by atoms with Crippen LogP contribution < -0.4 is 0 Å². The van der Waals surface area contributed by atoms with Crippen LogP contribution in [0.3, 0.4) is 0 Å². The number of rotatable bonds is 2. The summed E-state index contributed by atoms with van der Waals surface area (Å²) >= 11 is 0. The largest absolute Gasteiger partial charge is 0.393 e. The highest BCUT2D eigenvalue weighted by Crippen LogP contribution is 2.67. The summed E-state index contributed by atoms with van der Waals surface area (Å²) in [6.07, 6.45) is 12.6. The number of methoxy groups -OCH3 is 1. The minimum Gasteiger partial charge on any atom is -0.393 e. The van der Waals surface area contributed by atoms with Crippen LogP contribution in [0.1, 0.15) is 78.6 Å². The van der Waals surface area contributed by atoms with Gasteiger partial charge in [-0.15, -0.1) is 0 Å². The highest BCUT2D eigenvalue weighted by atomic mass is 16.5. The van der Waals surface area contributed by atoms with Crippen molar-refractivity contribution in [3.63, 3.8) is 0 Å². The molecule has 2 heteroatoms. The van der Waals surface area contributed by atoms with Crippen molar-refractivity contribution in [3.8, 4) is 0 Å². The Morgan fingerprint density at radius 3 is 2.33 bits per heavy atom. The summed E-state index contributed by atoms with van der Waals surface area (Å²) in [4.78, 5) is 0. The summed E-state index contributed by atoms with van der Waals surface area (Å²) in [6, 6.07) is 0. The molecule has 24 heavy (non-hydrogen) atoms. The van der Waals surface area contributed by atoms with Crippen LogP contribution in [0.25, 0.3) is 0 Å². The zero-order chi connectivity index (χ0) is 17.1. The normalized spacial score (nSPS) is 55.4. The van der Waals surface area contributed by atoms with Gasteiger partial charge in [0.05, 0.1) is 12.2 Å². The van der Waals surface area contributed by atoms with Crippen molar-refractivity contribution in [2.75, 3.05) is 7.11 Å². The Morgan fingerprint density at radius 1 is 0.917 bits per heavy atom. The Morgan fingerprint density at radius 2 is 1.62 bits per heavy atom. The fraction of sp³-hybridized carbons (Fsp3) is 1.00. The standard InChI is InChI=1S/C22H38O2/c1-14(23)18-7-8-19-17-6-5-15-13-16(24-4)9-11-21(15,2)20(17)10-12-22(18,19)3/h14-20,23H,5-13H2,1-4H3/t14?,15?,16-,17?,18+,19?,20?,21-,22+/m0/s1. The van der Waals surface area contributed by atoms with E-state index in [1.54, 1.807) is 0 Å². The van der Waals surface area contributed by atoms with Crippen molar-refractivity contribution in [3.05, 3.63) is 0 Å². The van der Waals surface area contributed by atoms with E-state index in [0.717, 1.165) is 23.7 Å². The van der Waals surface area contributed by atoms with E-state index < -0.39 is 0 Å². The minimum absolute atomic E-state index is 0.124. The van der Waals surface area contributed by atoms with Gasteiger partial charge in [-0.2, -0.15) is 0 Å². The molecule has 0 aromatic heterocycles. The van der Waals surface area contributed by atoms with Crippen molar-refractivity contribution in [1.82, 2.24) is 0 Å². The summed E-state index contributed by atoms with van der Waals surface area (Å²) in [7, 11) is 1.90. The van der Waals surface area contributed by atoms with Gasteiger partial charge in [0.15, 0.2) is 0 Å². The zero-order valence-corrected chi connectivity index (χ0v) is 16.3. The highest BCUT2D eigenvalue weighted by Gasteiger charge is 2.60. The van der Waals surface area contributed by atoms with Crippen LogP contribution in [-0.4, -0.2) is 24.4 Å². The number of fused-ring (bicyclic) bond motifs is 5. The van der Waals surface area contributed by atoms with E-state index in [1.807, 2.05) is 14.0 Å². The molecule has 9 atom stereocenters. The van der Waals surface area contributed by atoms with Crippen LogP contribution in [0.15, 0.2) is 0 Å². The lowest BCUT2D eigenvalue weighted by atomic mass is 9.44. The molecule has 4 fully saturated rings. The Kier molecular flexibility index (Phi) is 4.32. The molecule has 0 aromatic rings. The van der Waals surface area contributed by atoms with Gasteiger partial charge in [0.25, 0.3) is 0 Å².